The summed E-state index contributed by atoms with van der Waals surface area (Å²) in [5, 5.41) is 10.6. The quantitative estimate of drug-likeness (QED) is 0.729. The molecule has 1 atom stereocenters. The number of nitrogens with zero attached hydrogens (tertiary/aromatic N) is 1. The average Bonchev–Trinajstić information content (AvgIpc) is 2.85. The number of fused-ring (bicyclic) bond motifs is 1. The van der Waals surface area contributed by atoms with E-state index in [-0.39, 0.29) is 11.2 Å². The fourth-order valence-corrected chi connectivity index (χ4v) is 3.93. The minimum Gasteiger partial charge on any atom is -0.497 e. The fraction of sp³-hybridized carbons (Fsp3) is 0.480. The second-order valence-electron chi connectivity index (χ2n) is 8.99. The SMILES string of the molecule is COc1ccc2c(c1)CCN(CCCC(=O)c1ccc(C(C)(C)C)cc1)CC2O. The highest BCUT2D eigenvalue weighted by Crippen LogP contribution is 2.27. The van der Waals surface area contributed by atoms with E-state index in [0.29, 0.717) is 13.0 Å². The van der Waals surface area contributed by atoms with Crippen molar-refractivity contribution < 1.29 is 14.6 Å². The monoisotopic (exact) mass is 395 g/mol. The minimum absolute atomic E-state index is 0.0940. The first-order valence-corrected chi connectivity index (χ1v) is 10.5. The summed E-state index contributed by atoms with van der Waals surface area (Å²) in [6.45, 7) is 8.82. The molecule has 2 aromatic rings. The van der Waals surface area contributed by atoms with Crippen molar-refractivity contribution >= 4 is 5.78 Å². The number of aliphatic hydroxyl groups excluding tert-OH is 1. The van der Waals surface area contributed by atoms with Crippen LogP contribution in [0.4, 0.5) is 0 Å². The molecule has 29 heavy (non-hydrogen) atoms. The first kappa shape index (κ1) is 21.5. The number of ketones is 1. The largest absolute Gasteiger partial charge is 0.497 e. The van der Waals surface area contributed by atoms with Crippen molar-refractivity contribution in [2.45, 2.75) is 51.6 Å². The molecule has 0 fully saturated rings. The van der Waals surface area contributed by atoms with Gasteiger partial charge < -0.3 is 14.7 Å². The molecule has 0 saturated heterocycles. The molecule has 0 aromatic heterocycles. The van der Waals surface area contributed by atoms with Gasteiger partial charge in [0.2, 0.25) is 0 Å². The smallest absolute Gasteiger partial charge is 0.162 e. The number of carbonyl (C=O) groups excluding carboxylic acids is 1. The second-order valence-corrected chi connectivity index (χ2v) is 8.99. The summed E-state index contributed by atoms with van der Waals surface area (Å²) in [7, 11) is 1.66. The van der Waals surface area contributed by atoms with Gasteiger partial charge in [-0.1, -0.05) is 51.1 Å². The molecule has 1 aliphatic rings. The Bertz CT molecular complexity index is 836. The van der Waals surface area contributed by atoms with E-state index in [1.165, 1.54) is 5.56 Å². The van der Waals surface area contributed by atoms with Gasteiger partial charge >= 0.3 is 0 Å². The Morgan fingerprint density at radius 2 is 1.90 bits per heavy atom. The van der Waals surface area contributed by atoms with Crippen LogP contribution in [0.2, 0.25) is 0 Å². The van der Waals surface area contributed by atoms with Crippen molar-refractivity contribution in [3.8, 4) is 5.75 Å². The van der Waals surface area contributed by atoms with Crippen LogP contribution in [0.25, 0.3) is 0 Å². The van der Waals surface area contributed by atoms with E-state index in [1.54, 1.807) is 7.11 Å². The van der Waals surface area contributed by atoms with Crippen molar-refractivity contribution in [3.63, 3.8) is 0 Å². The highest BCUT2D eigenvalue weighted by Gasteiger charge is 2.22. The van der Waals surface area contributed by atoms with Crippen LogP contribution in [0, 0.1) is 0 Å². The van der Waals surface area contributed by atoms with E-state index in [0.717, 1.165) is 48.4 Å². The molecule has 0 radical (unpaired) electrons. The summed E-state index contributed by atoms with van der Waals surface area (Å²) >= 11 is 0. The first-order valence-electron chi connectivity index (χ1n) is 10.5. The summed E-state index contributed by atoms with van der Waals surface area (Å²) in [6.07, 6.45) is 1.71. The molecule has 1 heterocycles. The van der Waals surface area contributed by atoms with Crippen molar-refractivity contribution in [1.82, 2.24) is 4.90 Å². The van der Waals surface area contributed by atoms with Gasteiger partial charge in [0.1, 0.15) is 5.75 Å². The zero-order chi connectivity index (χ0) is 21.0. The Morgan fingerprint density at radius 3 is 2.55 bits per heavy atom. The van der Waals surface area contributed by atoms with Crippen molar-refractivity contribution in [3.05, 3.63) is 64.7 Å². The van der Waals surface area contributed by atoms with Crippen LogP contribution in [0.15, 0.2) is 42.5 Å². The van der Waals surface area contributed by atoms with Gasteiger partial charge in [-0.05, 0) is 53.6 Å². The number of carbonyl (C=O) groups is 1. The summed E-state index contributed by atoms with van der Waals surface area (Å²) in [6, 6.07) is 13.9. The number of ether oxygens (including phenoxy) is 1. The standard InChI is InChI=1S/C25H33NO3/c1-25(2,3)20-9-7-18(8-10-20)23(27)6-5-14-26-15-13-19-16-21(29-4)11-12-22(19)24(28)17-26/h7-12,16,24,28H,5-6,13-15,17H2,1-4H3. The summed E-state index contributed by atoms with van der Waals surface area (Å²) in [5.74, 6) is 1.02. The van der Waals surface area contributed by atoms with Gasteiger partial charge in [-0.15, -0.1) is 0 Å². The molecule has 1 unspecified atom stereocenters. The molecule has 4 heteroatoms. The maximum Gasteiger partial charge on any atom is 0.162 e. The van der Waals surface area contributed by atoms with Crippen LogP contribution in [-0.4, -0.2) is 42.5 Å². The van der Waals surface area contributed by atoms with Gasteiger partial charge in [-0.25, -0.2) is 0 Å². The minimum atomic E-state index is -0.501. The fourth-order valence-electron chi connectivity index (χ4n) is 3.93. The van der Waals surface area contributed by atoms with Crippen molar-refractivity contribution in [1.29, 1.82) is 0 Å². The molecule has 3 rings (SSSR count). The van der Waals surface area contributed by atoms with E-state index in [2.05, 4.69) is 37.8 Å². The number of hydrogen-bond acceptors (Lipinski definition) is 4. The van der Waals surface area contributed by atoms with Crippen LogP contribution >= 0.6 is 0 Å². The summed E-state index contributed by atoms with van der Waals surface area (Å²) in [4.78, 5) is 14.8. The predicted molar refractivity (Wildman–Crippen MR) is 117 cm³/mol. The van der Waals surface area contributed by atoms with Crippen molar-refractivity contribution in [2.75, 3.05) is 26.7 Å². The molecule has 4 nitrogen and oxygen atoms in total. The lowest BCUT2D eigenvalue weighted by molar-refractivity contribution is 0.0962. The zero-order valence-corrected chi connectivity index (χ0v) is 18.1. The highest BCUT2D eigenvalue weighted by molar-refractivity contribution is 5.96. The van der Waals surface area contributed by atoms with Gasteiger partial charge in [0.25, 0.3) is 0 Å². The third-order valence-electron chi connectivity index (χ3n) is 5.79. The molecule has 0 aliphatic carbocycles. The lowest BCUT2D eigenvalue weighted by atomic mass is 9.86. The average molecular weight is 396 g/mol. The normalized spacial score (nSPS) is 17.5. The Labute approximate surface area is 174 Å². The molecule has 2 aromatic carbocycles. The topological polar surface area (TPSA) is 49.8 Å². The molecule has 1 aliphatic heterocycles. The zero-order valence-electron chi connectivity index (χ0n) is 18.1. The molecule has 1 N–H and O–H groups in total. The van der Waals surface area contributed by atoms with E-state index < -0.39 is 6.10 Å². The Kier molecular flexibility index (Phi) is 6.76. The van der Waals surface area contributed by atoms with Gasteiger partial charge in [0, 0.05) is 25.1 Å². The van der Waals surface area contributed by atoms with Crippen LogP contribution in [0.5, 0.6) is 5.75 Å². The number of benzene rings is 2. The Balaban J connectivity index is 1.52. The maximum absolute atomic E-state index is 12.5. The predicted octanol–water partition coefficient (Wildman–Crippen LogP) is 4.55. The lowest BCUT2D eigenvalue weighted by Crippen LogP contribution is -2.29. The number of hydrogen-bond donors (Lipinski definition) is 1. The van der Waals surface area contributed by atoms with E-state index in [9.17, 15) is 9.90 Å². The lowest BCUT2D eigenvalue weighted by Gasteiger charge is -2.22. The molecule has 0 bridgehead atoms. The molecule has 0 spiro atoms. The molecular formula is C25H33NO3. The van der Waals surface area contributed by atoms with Crippen molar-refractivity contribution in [2.24, 2.45) is 0 Å². The third kappa shape index (κ3) is 5.46. The summed E-state index contributed by atoms with van der Waals surface area (Å²) in [5.41, 5.74) is 4.26. The first-order chi connectivity index (χ1) is 13.8. The molecule has 0 saturated carbocycles. The molecule has 0 amide bonds. The highest BCUT2D eigenvalue weighted by atomic mass is 16.5. The van der Waals surface area contributed by atoms with Gasteiger partial charge in [0.05, 0.1) is 13.2 Å². The van der Waals surface area contributed by atoms with Gasteiger partial charge in [-0.2, -0.15) is 0 Å². The number of methoxy groups -OCH3 is 1. The number of β-amino-alcohol motifs (C(OH)–C–C–N with tert-alkyl or cyclic N) is 1. The van der Waals surface area contributed by atoms with E-state index in [1.807, 2.05) is 30.3 Å². The molecular weight excluding hydrogens is 362 g/mol. The van der Waals surface area contributed by atoms with E-state index >= 15 is 0 Å². The van der Waals surface area contributed by atoms with Crippen LogP contribution < -0.4 is 4.74 Å². The second kappa shape index (κ2) is 9.10. The maximum atomic E-state index is 12.5. The van der Waals surface area contributed by atoms with E-state index in [4.69, 9.17) is 4.74 Å². The van der Waals surface area contributed by atoms with Gasteiger partial charge in [-0.3, -0.25) is 4.79 Å². The van der Waals surface area contributed by atoms with Gasteiger partial charge in [0.15, 0.2) is 5.78 Å². The van der Waals surface area contributed by atoms with Crippen LogP contribution in [0.1, 0.15) is 66.8 Å². The summed E-state index contributed by atoms with van der Waals surface area (Å²) < 4.78 is 5.31. The number of rotatable bonds is 6. The van der Waals surface area contributed by atoms with Crippen LogP contribution in [-0.2, 0) is 11.8 Å². The Hall–Kier alpha value is -2.17. The number of Topliss-reactive ketones (excluding diaryl/α,β-unsaturated/α-hetero) is 1. The number of aliphatic hydroxyl groups is 1. The van der Waals surface area contributed by atoms with Crippen LogP contribution in [0.3, 0.4) is 0 Å². The Morgan fingerprint density at radius 1 is 1.17 bits per heavy atom. The molecule has 156 valence electrons. The third-order valence-corrected chi connectivity index (χ3v) is 5.79.